The fourth-order valence-corrected chi connectivity index (χ4v) is 3.75. The van der Waals surface area contributed by atoms with Gasteiger partial charge in [-0.15, -0.1) is 0 Å². The second kappa shape index (κ2) is 8.65. The van der Waals surface area contributed by atoms with Gasteiger partial charge in [0.2, 0.25) is 5.91 Å². The van der Waals surface area contributed by atoms with Gasteiger partial charge in [0.15, 0.2) is 0 Å². The van der Waals surface area contributed by atoms with Crippen LogP contribution in [0.4, 0.5) is 0 Å². The second-order valence-electron chi connectivity index (χ2n) is 7.13. The van der Waals surface area contributed by atoms with Gasteiger partial charge in [-0.3, -0.25) is 4.79 Å². The molecule has 31 heavy (non-hydrogen) atoms. The molecule has 7 nitrogen and oxygen atoms in total. The number of halogens is 1. The molecule has 0 aliphatic rings. The van der Waals surface area contributed by atoms with Crippen molar-refractivity contribution in [1.29, 1.82) is 0 Å². The Balaban J connectivity index is 1.64. The summed E-state index contributed by atoms with van der Waals surface area (Å²) in [4.78, 5) is 29.6. The predicted octanol–water partition coefficient (Wildman–Crippen LogP) is 3.72. The fourth-order valence-electron chi connectivity index (χ4n) is 3.62. The third-order valence-corrected chi connectivity index (χ3v) is 5.39. The van der Waals surface area contributed by atoms with Crippen LogP contribution in [0.5, 0.6) is 0 Å². The lowest BCUT2D eigenvalue weighted by Gasteiger charge is -2.19. The van der Waals surface area contributed by atoms with E-state index in [1.54, 1.807) is 29.1 Å². The molecule has 0 aliphatic carbocycles. The summed E-state index contributed by atoms with van der Waals surface area (Å²) in [6.45, 7) is 0.0338. The van der Waals surface area contributed by atoms with Gasteiger partial charge in [0, 0.05) is 41.6 Å². The average molecular weight is 437 g/mol. The van der Waals surface area contributed by atoms with E-state index in [1.165, 1.54) is 7.11 Å². The van der Waals surface area contributed by atoms with Crippen molar-refractivity contribution in [3.63, 3.8) is 0 Å². The number of nitrogens with zero attached hydrogens (tertiary/aromatic N) is 3. The summed E-state index contributed by atoms with van der Waals surface area (Å²) >= 11 is 6.03. The molecule has 4 rings (SSSR count). The van der Waals surface area contributed by atoms with Crippen molar-refractivity contribution in [2.75, 3.05) is 7.11 Å². The summed E-state index contributed by atoms with van der Waals surface area (Å²) in [5, 5.41) is 4.41. The van der Waals surface area contributed by atoms with E-state index < -0.39 is 12.0 Å². The van der Waals surface area contributed by atoms with Crippen LogP contribution in [0.3, 0.4) is 0 Å². The van der Waals surface area contributed by atoms with E-state index in [9.17, 15) is 9.59 Å². The Morgan fingerprint density at radius 2 is 1.90 bits per heavy atom. The Hall–Kier alpha value is -3.58. The number of imidazole rings is 1. The van der Waals surface area contributed by atoms with Gasteiger partial charge < -0.3 is 19.2 Å². The zero-order valence-electron chi connectivity index (χ0n) is 17.1. The van der Waals surface area contributed by atoms with Gasteiger partial charge in [-0.25, -0.2) is 9.78 Å². The normalized spacial score (nSPS) is 12.0. The van der Waals surface area contributed by atoms with Crippen LogP contribution in [0.15, 0.2) is 67.1 Å². The molecule has 0 fully saturated rings. The first-order valence-corrected chi connectivity index (χ1v) is 10.0. The number of carbonyl (C=O) groups excluding carboxylic acids is 2. The number of hydrogen-bond donors (Lipinski definition) is 1. The van der Waals surface area contributed by atoms with Crippen LogP contribution in [0.1, 0.15) is 27.8 Å². The van der Waals surface area contributed by atoms with Gasteiger partial charge in [0.05, 0.1) is 12.7 Å². The number of benzene rings is 2. The van der Waals surface area contributed by atoms with Crippen LogP contribution in [-0.2, 0) is 23.1 Å². The molecule has 8 heteroatoms. The van der Waals surface area contributed by atoms with Gasteiger partial charge in [-0.2, -0.15) is 0 Å². The number of aryl methyl sites for hydroxylation is 1. The van der Waals surface area contributed by atoms with E-state index in [0.29, 0.717) is 16.4 Å². The van der Waals surface area contributed by atoms with Crippen molar-refractivity contribution in [3.8, 4) is 0 Å². The average Bonchev–Trinajstić information content (AvgIpc) is 3.36. The summed E-state index contributed by atoms with van der Waals surface area (Å²) in [7, 11) is 3.21. The number of para-hydroxylation sites is 1. The number of amides is 1. The predicted molar refractivity (Wildman–Crippen MR) is 118 cm³/mol. The van der Waals surface area contributed by atoms with Crippen LogP contribution in [0.2, 0.25) is 5.02 Å². The van der Waals surface area contributed by atoms with Crippen LogP contribution < -0.4 is 5.32 Å². The van der Waals surface area contributed by atoms with Gasteiger partial charge >= 0.3 is 5.97 Å². The third kappa shape index (κ3) is 4.18. The molecule has 1 N–H and O–H groups in total. The third-order valence-electron chi connectivity index (χ3n) is 5.13. The molecule has 1 amide bonds. The van der Waals surface area contributed by atoms with Crippen LogP contribution in [0, 0.1) is 0 Å². The van der Waals surface area contributed by atoms with Crippen molar-refractivity contribution >= 4 is 34.4 Å². The molecule has 2 aromatic carbocycles. The highest BCUT2D eigenvalue weighted by atomic mass is 35.5. The minimum absolute atomic E-state index is 0.0338. The zero-order chi connectivity index (χ0) is 22.0. The maximum absolute atomic E-state index is 13.1. The first-order chi connectivity index (χ1) is 15.0. The Labute approximate surface area is 184 Å². The number of esters is 1. The lowest BCUT2D eigenvalue weighted by atomic mass is 10.1. The molecule has 0 saturated carbocycles. The lowest BCUT2D eigenvalue weighted by Crippen LogP contribution is -2.33. The largest absolute Gasteiger partial charge is 0.465 e. The van der Waals surface area contributed by atoms with Crippen LogP contribution >= 0.6 is 11.6 Å². The summed E-state index contributed by atoms with van der Waals surface area (Å²) in [6.07, 6.45) is 5.16. The fraction of sp³-hybridized carbons (Fsp3) is 0.174. The molecule has 158 valence electrons. The number of methoxy groups -OCH3 is 1. The number of aromatic nitrogens is 3. The molecular weight excluding hydrogens is 416 g/mol. The SMILES string of the molecule is COC(=O)c1cn(CC(=O)NC(c2ccc(Cl)cc2)c2nccn2C)c2ccccc12. The molecule has 0 radical (unpaired) electrons. The van der Waals surface area contributed by atoms with E-state index in [0.717, 1.165) is 16.5 Å². The first-order valence-electron chi connectivity index (χ1n) is 9.66. The summed E-state index contributed by atoms with van der Waals surface area (Å²) in [6, 6.07) is 14.2. The molecule has 1 unspecified atom stereocenters. The topological polar surface area (TPSA) is 78.2 Å². The number of rotatable bonds is 6. The standard InChI is InChI=1S/C23H21ClN4O3/c1-27-12-11-25-22(27)21(15-7-9-16(24)10-8-15)26-20(29)14-28-13-18(23(30)31-2)17-5-3-4-6-19(17)28/h3-13,21H,14H2,1-2H3,(H,26,29). The molecule has 2 aromatic heterocycles. The number of carbonyl (C=O) groups is 2. The molecule has 1 atom stereocenters. The molecule has 0 aliphatic heterocycles. The number of fused-ring (bicyclic) bond motifs is 1. The lowest BCUT2D eigenvalue weighted by molar-refractivity contribution is -0.122. The number of nitrogens with one attached hydrogen (secondary N) is 1. The second-order valence-corrected chi connectivity index (χ2v) is 7.56. The van der Waals surface area contributed by atoms with Crippen molar-refractivity contribution in [2.24, 2.45) is 7.05 Å². The van der Waals surface area contributed by atoms with E-state index in [1.807, 2.05) is 54.2 Å². The summed E-state index contributed by atoms with van der Waals surface area (Å²) < 4.78 is 8.49. The van der Waals surface area contributed by atoms with Gasteiger partial charge in [0.1, 0.15) is 18.4 Å². The van der Waals surface area contributed by atoms with Crippen LogP contribution in [0.25, 0.3) is 10.9 Å². The molecule has 2 heterocycles. The van der Waals surface area contributed by atoms with Crippen LogP contribution in [-0.4, -0.2) is 33.1 Å². The molecule has 0 spiro atoms. The van der Waals surface area contributed by atoms with Gasteiger partial charge in [0.25, 0.3) is 0 Å². The van der Waals surface area contributed by atoms with E-state index in [2.05, 4.69) is 10.3 Å². The highest BCUT2D eigenvalue weighted by Gasteiger charge is 2.22. The van der Waals surface area contributed by atoms with E-state index in [4.69, 9.17) is 16.3 Å². The quantitative estimate of drug-likeness (QED) is 0.467. The highest BCUT2D eigenvalue weighted by molar-refractivity contribution is 6.30. The van der Waals surface area contributed by atoms with Gasteiger partial charge in [-0.05, 0) is 23.8 Å². The molecule has 0 bridgehead atoms. The van der Waals surface area contributed by atoms with Crippen molar-refractivity contribution in [2.45, 2.75) is 12.6 Å². The van der Waals surface area contributed by atoms with E-state index in [-0.39, 0.29) is 12.5 Å². The minimum atomic E-state index is -0.452. The maximum Gasteiger partial charge on any atom is 0.340 e. The molecular formula is C23H21ClN4O3. The number of ether oxygens (including phenoxy) is 1. The van der Waals surface area contributed by atoms with Crippen molar-refractivity contribution in [1.82, 2.24) is 19.4 Å². The first kappa shape index (κ1) is 20.7. The summed E-state index contributed by atoms with van der Waals surface area (Å²) in [5.41, 5.74) is 2.06. The highest BCUT2D eigenvalue weighted by Crippen LogP contribution is 2.24. The summed E-state index contributed by atoms with van der Waals surface area (Å²) in [5.74, 6) is 0.0332. The zero-order valence-corrected chi connectivity index (χ0v) is 17.8. The van der Waals surface area contributed by atoms with Gasteiger partial charge in [-0.1, -0.05) is 41.9 Å². The van der Waals surface area contributed by atoms with E-state index >= 15 is 0 Å². The molecule has 0 saturated heterocycles. The van der Waals surface area contributed by atoms with Crippen molar-refractivity contribution < 1.29 is 14.3 Å². The minimum Gasteiger partial charge on any atom is -0.465 e. The Kier molecular flexibility index (Phi) is 5.77. The Bertz CT molecular complexity index is 1240. The maximum atomic E-state index is 13.1. The monoisotopic (exact) mass is 436 g/mol. The Morgan fingerprint density at radius 1 is 1.16 bits per heavy atom. The smallest absolute Gasteiger partial charge is 0.340 e. The van der Waals surface area contributed by atoms with Crippen molar-refractivity contribution in [3.05, 3.63) is 89.1 Å². The number of hydrogen-bond acceptors (Lipinski definition) is 4. The Morgan fingerprint density at radius 3 is 2.58 bits per heavy atom. The molecule has 4 aromatic rings.